The molecule has 0 aromatic heterocycles. The van der Waals surface area contributed by atoms with Crippen LogP contribution >= 0.6 is 23.2 Å². The molecular weight excluding hydrogens is 501 g/mol. The van der Waals surface area contributed by atoms with Crippen molar-refractivity contribution < 1.29 is 19.8 Å². The van der Waals surface area contributed by atoms with Crippen molar-refractivity contribution in [3.8, 4) is 16.9 Å². The molecule has 0 fully saturated rings. The van der Waals surface area contributed by atoms with Crippen LogP contribution in [0.15, 0.2) is 90.0 Å². The normalized spacial score (nSPS) is 13.7. The van der Waals surface area contributed by atoms with Crippen molar-refractivity contribution in [1.82, 2.24) is 0 Å². The Morgan fingerprint density at radius 3 is 2.39 bits per heavy atom. The lowest BCUT2D eigenvalue weighted by molar-refractivity contribution is -0.111. The molecule has 5 rings (SSSR count). The summed E-state index contributed by atoms with van der Waals surface area (Å²) in [6.07, 6.45) is 0. The van der Waals surface area contributed by atoms with E-state index in [1.165, 1.54) is 17.0 Å². The number of hydrazone groups is 1. The predicted octanol–water partition coefficient (Wildman–Crippen LogP) is 6.56. The van der Waals surface area contributed by atoms with E-state index in [0.29, 0.717) is 38.1 Å². The number of anilines is 3. The minimum atomic E-state index is -1.07. The Morgan fingerprint density at radius 1 is 0.861 bits per heavy atom. The van der Waals surface area contributed by atoms with E-state index in [9.17, 15) is 19.8 Å². The molecule has 7 nitrogen and oxygen atoms in total. The summed E-state index contributed by atoms with van der Waals surface area (Å²) in [5.74, 6) is -1.58. The maximum atomic E-state index is 13.4. The third-order valence-corrected chi connectivity index (χ3v) is 6.45. The Morgan fingerprint density at radius 2 is 1.61 bits per heavy atom. The summed E-state index contributed by atoms with van der Waals surface area (Å²) in [5.41, 5.74) is 6.00. The number of nitrogens with one attached hydrogen (secondary N) is 1. The van der Waals surface area contributed by atoms with Crippen LogP contribution in [0.1, 0.15) is 15.9 Å². The van der Waals surface area contributed by atoms with Gasteiger partial charge in [-0.05, 0) is 48.0 Å². The van der Waals surface area contributed by atoms with Gasteiger partial charge in [0.15, 0.2) is 5.71 Å². The number of hydrogen-bond acceptors (Lipinski definition) is 5. The van der Waals surface area contributed by atoms with Crippen molar-refractivity contribution in [3.63, 3.8) is 0 Å². The van der Waals surface area contributed by atoms with E-state index in [1.807, 2.05) is 6.07 Å². The van der Waals surface area contributed by atoms with E-state index in [4.69, 9.17) is 23.2 Å². The van der Waals surface area contributed by atoms with Gasteiger partial charge in [0.05, 0.1) is 32.7 Å². The fourth-order valence-electron chi connectivity index (χ4n) is 3.99. The van der Waals surface area contributed by atoms with Gasteiger partial charge in [-0.1, -0.05) is 65.7 Å². The highest BCUT2D eigenvalue weighted by molar-refractivity contribution is 6.56. The Bertz CT molecular complexity index is 1570. The number of fused-ring (bicyclic) bond motifs is 1. The van der Waals surface area contributed by atoms with Crippen LogP contribution in [0.5, 0.6) is 5.75 Å². The molecule has 3 N–H and O–H groups in total. The number of benzene rings is 4. The quantitative estimate of drug-likeness (QED) is 0.205. The molecule has 4 aromatic carbocycles. The number of carbonyl (C=O) groups is 2. The first-order valence-corrected chi connectivity index (χ1v) is 11.5. The standard InChI is InChI=1S/C27H17Cl2N3O4/c28-20-12-11-17(14-21(20)29)32-23-10-2-1-7-19(23)24(26(32)34)31-30-22-9-4-8-18(25(22)33)15-5-3-6-16(13-15)27(35)36/h1-14,30,33H,(H,35,36)/b31-24-. The molecule has 1 aliphatic heterocycles. The number of para-hydroxylation sites is 2. The van der Waals surface area contributed by atoms with Crippen LogP contribution in [0.2, 0.25) is 10.0 Å². The number of aromatic carboxylic acids is 1. The number of phenolic OH excluding ortho intramolecular Hbond substituents is 1. The first kappa shape index (κ1) is 23.4. The maximum Gasteiger partial charge on any atom is 0.335 e. The van der Waals surface area contributed by atoms with Crippen LogP contribution in [-0.2, 0) is 4.79 Å². The van der Waals surface area contributed by atoms with E-state index in [0.717, 1.165) is 0 Å². The van der Waals surface area contributed by atoms with Crippen molar-refractivity contribution in [2.24, 2.45) is 5.10 Å². The molecule has 1 amide bonds. The average molecular weight is 518 g/mol. The van der Waals surface area contributed by atoms with Crippen molar-refractivity contribution in [1.29, 1.82) is 0 Å². The number of halogens is 2. The Labute approximate surface area is 215 Å². The SMILES string of the molecule is O=C(O)c1cccc(-c2cccc(N/N=C3\C(=O)N(c4ccc(Cl)c(Cl)c4)c4ccccc43)c2O)c1. The van der Waals surface area contributed by atoms with E-state index >= 15 is 0 Å². The van der Waals surface area contributed by atoms with Gasteiger partial charge in [0.2, 0.25) is 0 Å². The fourth-order valence-corrected chi connectivity index (χ4v) is 4.28. The van der Waals surface area contributed by atoms with Crippen molar-refractivity contribution in [2.75, 3.05) is 10.3 Å². The lowest BCUT2D eigenvalue weighted by atomic mass is 10.0. The molecule has 9 heteroatoms. The summed E-state index contributed by atoms with van der Waals surface area (Å²) in [4.78, 5) is 26.2. The first-order chi connectivity index (χ1) is 17.3. The third-order valence-electron chi connectivity index (χ3n) is 5.71. The summed E-state index contributed by atoms with van der Waals surface area (Å²) in [7, 11) is 0. The largest absolute Gasteiger partial charge is 0.505 e. The predicted molar refractivity (Wildman–Crippen MR) is 141 cm³/mol. The number of carboxylic acid groups (broad SMARTS) is 1. The third kappa shape index (κ3) is 4.15. The lowest BCUT2D eigenvalue weighted by Gasteiger charge is -2.17. The molecule has 1 heterocycles. The molecule has 0 spiro atoms. The summed E-state index contributed by atoms with van der Waals surface area (Å²) in [6, 6.07) is 23.3. The topological polar surface area (TPSA) is 102 Å². The fraction of sp³-hybridized carbons (Fsp3) is 0. The summed E-state index contributed by atoms with van der Waals surface area (Å²) >= 11 is 12.2. The van der Waals surface area contributed by atoms with Crippen molar-refractivity contribution in [3.05, 3.63) is 106 Å². The van der Waals surface area contributed by atoms with Crippen LogP contribution in [0.4, 0.5) is 17.1 Å². The highest BCUT2D eigenvalue weighted by Gasteiger charge is 2.35. The highest BCUT2D eigenvalue weighted by Crippen LogP contribution is 2.39. The maximum absolute atomic E-state index is 13.4. The number of rotatable bonds is 5. The molecule has 0 unspecified atom stereocenters. The molecule has 1 aliphatic rings. The summed E-state index contributed by atoms with van der Waals surface area (Å²) < 4.78 is 0. The van der Waals surface area contributed by atoms with E-state index in [1.54, 1.807) is 66.7 Å². The Balaban J connectivity index is 1.51. The highest BCUT2D eigenvalue weighted by atomic mass is 35.5. The number of carbonyl (C=O) groups excluding carboxylic acids is 1. The van der Waals surface area contributed by atoms with Crippen LogP contribution in [0.3, 0.4) is 0 Å². The Hall–Kier alpha value is -4.33. The molecule has 0 saturated heterocycles. The monoisotopic (exact) mass is 517 g/mol. The van der Waals surface area contributed by atoms with Gasteiger partial charge in [-0.15, -0.1) is 0 Å². The first-order valence-electron chi connectivity index (χ1n) is 10.7. The molecule has 4 aromatic rings. The molecule has 0 saturated carbocycles. The van der Waals surface area contributed by atoms with Crippen molar-refractivity contribution >= 4 is 57.9 Å². The van der Waals surface area contributed by atoms with Gasteiger partial charge in [0, 0.05) is 11.1 Å². The minimum Gasteiger partial charge on any atom is -0.505 e. The zero-order valence-electron chi connectivity index (χ0n) is 18.4. The average Bonchev–Trinajstić information content (AvgIpc) is 3.16. The second kappa shape index (κ2) is 9.37. The molecule has 178 valence electrons. The molecule has 0 bridgehead atoms. The summed E-state index contributed by atoms with van der Waals surface area (Å²) in [5, 5.41) is 25.2. The van der Waals surface area contributed by atoms with Gasteiger partial charge in [-0.25, -0.2) is 4.79 Å². The molecule has 0 atom stereocenters. The number of phenols is 1. The molecular formula is C27H17Cl2N3O4. The van der Waals surface area contributed by atoms with Crippen LogP contribution in [0.25, 0.3) is 11.1 Å². The van der Waals surface area contributed by atoms with Gasteiger partial charge in [-0.2, -0.15) is 5.10 Å². The van der Waals surface area contributed by atoms with Gasteiger partial charge >= 0.3 is 5.97 Å². The zero-order chi connectivity index (χ0) is 25.4. The van der Waals surface area contributed by atoms with Gasteiger partial charge in [0.1, 0.15) is 5.75 Å². The van der Waals surface area contributed by atoms with E-state index in [-0.39, 0.29) is 28.6 Å². The van der Waals surface area contributed by atoms with Crippen LogP contribution in [0, 0.1) is 0 Å². The van der Waals surface area contributed by atoms with Crippen molar-refractivity contribution in [2.45, 2.75) is 0 Å². The lowest BCUT2D eigenvalue weighted by Crippen LogP contribution is -2.26. The smallest absolute Gasteiger partial charge is 0.335 e. The molecule has 36 heavy (non-hydrogen) atoms. The number of carboxylic acids is 1. The minimum absolute atomic E-state index is 0.0982. The van der Waals surface area contributed by atoms with E-state index in [2.05, 4.69) is 10.5 Å². The number of amides is 1. The van der Waals surface area contributed by atoms with E-state index < -0.39 is 5.97 Å². The number of nitrogens with zero attached hydrogens (tertiary/aromatic N) is 2. The van der Waals surface area contributed by atoms with Crippen LogP contribution in [-0.4, -0.2) is 27.8 Å². The number of aromatic hydroxyl groups is 1. The Kier molecular flexibility index (Phi) is 6.10. The second-order valence-corrected chi connectivity index (χ2v) is 8.73. The van der Waals surface area contributed by atoms with Crippen LogP contribution < -0.4 is 10.3 Å². The summed E-state index contributed by atoms with van der Waals surface area (Å²) in [6.45, 7) is 0. The van der Waals surface area contributed by atoms with Gasteiger partial charge < -0.3 is 10.2 Å². The zero-order valence-corrected chi connectivity index (χ0v) is 20.0. The molecule has 0 aliphatic carbocycles. The second-order valence-electron chi connectivity index (χ2n) is 7.92. The molecule has 0 radical (unpaired) electrons. The van der Waals surface area contributed by atoms with Gasteiger partial charge in [-0.3, -0.25) is 15.1 Å². The number of hydrogen-bond donors (Lipinski definition) is 3. The van der Waals surface area contributed by atoms with Gasteiger partial charge in [0.25, 0.3) is 5.91 Å².